The Morgan fingerprint density at radius 1 is 1.18 bits per heavy atom. The van der Waals surface area contributed by atoms with Crippen molar-refractivity contribution in [3.05, 3.63) is 33.6 Å². The van der Waals surface area contributed by atoms with Gasteiger partial charge in [0.1, 0.15) is 0 Å². The molecule has 1 saturated heterocycles. The van der Waals surface area contributed by atoms with Gasteiger partial charge in [0.2, 0.25) is 0 Å². The zero-order chi connectivity index (χ0) is 12.4. The van der Waals surface area contributed by atoms with Crippen LogP contribution in [0.1, 0.15) is 24.8 Å². The van der Waals surface area contributed by atoms with Crippen LogP contribution in [0.4, 0.5) is 13.2 Å². The minimum atomic E-state index is -1.40. The van der Waals surface area contributed by atoms with Crippen molar-refractivity contribution >= 4 is 15.9 Å². The average Bonchev–Trinajstić information content (AvgIpc) is 2.35. The van der Waals surface area contributed by atoms with Crippen molar-refractivity contribution in [2.45, 2.75) is 31.7 Å². The first kappa shape index (κ1) is 12.9. The van der Waals surface area contributed by atoms with Crippen LogP contribution in [-0.2, 0) is 6.42 Å². The predicted molar refractivity (Wildman–Crippen MR) is 63.4 cm³/mol. The smallest absolute Gasteiger partial charge is 0.195 e. The summed E-state index contributed by atoms with van der Waals surface area (Å²) in [7, 11) is 0. The molecule has 2 rings (SSSR count). The minimum Gasteiger partial charge on any atom is -0.314 e. The van der Waals surface area contributed by atoms with Crippen LogP contribution in [0.2, 0.25) is 0 Å². The summed E-state index contributed by atoms with van der Waals surface area (Å²) in [4.78, 5) is 0. The highest BCUT2D eigenvalue weighted by atomic mass is 79.9. The lowest BCUT2D eigenvalue weighted by molar-refractivity contribution is 0.387. The van der Waals surface area contributed by atoms with E-state index in [4.69, 9.17) is 0 Å². The van der Waals surface area contributed by atoms with E-state index < -0.39 is 17.5 Å². The first-order valence-corrected chi connectivity index (χ1v) is 6.44. The van der Waals surface area contributed by atoms with E-state index in [9.17, 15) is 13.2 Å². The monoisotopic (exact) mass is 307 g/mol. The van der Waals surface area contributed by atoms with E-state index in [-0.39, 0.29) is 16.1 Å². The summed E-state index contributed by atoms with van der Waals surface area (Å²) in [5.41, 5.74) is 0.218. The van der Waals surface area contributed by atoms with Gasteiger partial charge in [-0.2, -0.15) is 0 Å². The zero-order valence-corrected chi connectivity index (χ0v) is 10.8. The van der Waals surface area contributed by atoms with Gasteiger partial charge < -0.3 is 5.32 Å². The van der Waals surface area contributed by atoms with Crippen molar-refractivity contribution in [2.24, 2.45) is 0 Å². The van der Waals surface area contributed by atoms with Crippen molar-refractivity contribution in [2.75, 3.05) is 6.54 Å². The summed E-state index contributed by atoms with van der Waals surface area (Å²) >= 11 is 2.89. The third-order valence-corrected chi connectivity index (χ3v) is 3.63. The Bertz CT molecular complexity index is 417. The molecular weight excluding hydrogens is 295 g/mol. The SMILES string of the molecule is Fc1c(Br)cc(CC2CCCCN2)c(F)c1F. The Morgan fingerprint density at radius 2 is 1.94 bits per heavy atom. The Labute approximate surface area is 107 Å². The summed E-state index contributed by atoms with van der Waals surface area (Å²) in [6.45, 7) is 0.900. The number of hydrogen-bond donors (Lipinski definition) is 1. The van der Waals surface area contributed by atoms with Crippen molar-refractivity contribution in [1.29, 1.82) is 0 Å². The Morgan fingerprint density at radius 3 is 2.59 bits per heavy atom. The highest BCUT2D eigenvalue weighted by Gasteiger charge is 2.20. The molecule has 0 aromatic heterocycles. The van der Waals surface area contributed by atoms with E-state index in [1.807, 2.05) is 0 Å². The van der Waals surface area contributed by atoms with E-state index in [1.54, 1.807) is 0 Å². The van der Waals surface area contributed by atoms with Crippen LogP contribution in [0.25, 0.3) is 0 Å². The molecule has 94 valence electrons. The summed E-state index contributed by atoms with van der Waals surface area (Å²) in [6, 6.07) is 1.47. The van der Waals surface area contributed by atoms with Gasteiger partial charge >= 0.3 is 0 Å². The fourth-order valence-electron chi connectivity index (χ4n) is 2.13. The van der Waals surface area contributed by atoms with Crippen molar-refractivity contribution in [3.8, 4) is 0 Å². The molecule has 0 amide bonds. The highest BCUT2D eigenvalue weighted by molar-refractivity contribution is 9.10. The number of rotatable bonds is 2. The van der Waals surface area contributed by atoms with Gasteiger partial charge in [-0.1, -0.05) is 6.42 Å². The van der Waals surface area contributed by atoms with E-state index in [0.29, 0.717) is 6.42 Å². The van der Waals surface area contributed by atoms with Gasteiger partial charge in [0.05, 0.1) is 4.47 Å². The van der Waals surface area contributed by atoms with E-state index >= 15 is 0 Å². The molecule has 0 aliphatic carbocycles. The molecule has 1 aromatic rings. The van der Waals surface area contributed by atoms with Crippen LogP contribution < -0.4 is 5.32 Å². The van der Waals surface area contributed by atoms with Crippen LogP contribution in [0.3, 0.4) is 0 Å². The molecule has 1 atom stereocenters. The van der Waals surface area contributed by atoms with Gasteiger partial charge in [-0.15, -0.1) is 0 Å². The van der Waals surface area contributed by atoms with Gasteiger partial charge in [0.15, 0.2) is 17.5 Å². The maximum atomic E-state index is 13.5. The van der Waals surface area contributed by atoms with Crippen molar-refractivity contribution in [1.82, 2.24) is 5.32 Å². The standard InChI is InChI=1S/C12H13BrF3N/c13-9-6-7(10(14)12(16)11(9)15)5-8-3-1-2-4-17-8/h6,8,17H,1-5H2. The second-order valence-electron chi connectivity index (χ2n) is 4.31. The first-order valence-electron chi connectivity index (χ1n) is 5.65. The van der Waals surface area contributed by atoms with Gasteiger partial charge in [0.25, 0.3) is 0 Å². The third-order valence-electron chi connectivity index (χ3n) is 3.06. The van der Waals surface area contributed by atoms with E-state index in [0.717, 1.165) is 25.8 Å². The Hall–Kier alpha value is -0.550. The molecule has 5 heteroatoms. The number of hydrogen-bond acceptors (Lipinski definition) is 1. The van der Waals surface area contributed by atoms with Crippen molar-refractivity contribution < 1.29 is 13.2 Å². The van der Waals surface area contributed by atoms with Crippen molar-refractivity contribution in [3.63, 3.8) is 0 Å². The lowest BCUT2D eigenvalue weighted by Crippen LogP contribution is -2.35. The molecule has 1 aliphatic rings. The predicted octanol–water partition coefficient (Wildman–Crippen LogP) is 3.55. The lowest BCUT2D eigenvalue weighted by Gasteiger charge is -2.23. The molecule has 0 radical (unpaired) electrons. The summed E-state index contributed by atoms with van der Waals surface area (Å²) in [5.74, 6) is -3.63. The molecule has 1 heterocycles. The largest absolute Gasteiger partial charge is 0.314 e. The summed E-state index contributed by atoms with van der Waals surface area (Å²) < 4.78 is 39.8. The normalized spacial score (nSPS) is 20.6. The van der Waals surface area contributed by atoms with Crippen LogP contribution in [0.15, 0.2) is 10.5 Å². The number of piperidine rings is 1. The van der Waals surface area contributed by atoms with E-state index in [2.05, 4.69) is 21.2 Å². The first-order chi connectivity index (χ1) is 8.09. The maximum Gasteiger partial charge on any atom is 0.195 e. The molecule has 1 unspecified atom stereocenters. The quantitative estimate of drug-likeness (QED) is 0.651. The van der Waals surface area contributed by atoms with Gasteiger partial charge in [0, 0.05) is 6.04 Å². The van der Waals surface area contributed by atoms with Crippen LogP contribution in [0, 0.1) is 17.5 Å². The molecule has 0 saturated carbocycles. The summed E-state index contributed by atoms with van der Waals surface area (Å²) in [5, 5.41) is 3.25. The molecule has 1 aromatic carbocycles. The fourth-order valence-corrected chi connectivity index (χ4v) is 2.58. The molecule has 1 N–H and O–H groups in total. The second-order valence-corrected chi connectivity index (χ2v) is 5.16. The topological polar surface area (TPSA) is 12.0 Å². The fraction of sp³-hybridized carbons (Fsp3) is 0.500. The average molecular weight is 308 g/mol. The lowest BCUT2D eigenvalue weighted by atomic mass is 9.97. The zero-order valence-electron chi connectivity index (χ0n) is 9.20. The van der Waals surface area contributed by atoms with Crippen LogP contribution in [-0.4, -0.2) is 12.6 Å². The third kappa shape index (κ3) is 2.83. The van der Waals surface area contributed by atoms with Crippen LogP contribution >= 0.6 is 15.9 Å². The molecular formula is C12H13BrF3N. The number of halogens is 4. The second kappa shape index (κ2) is 5.40. The Balaban J connectivity index is 2.20. The number of nitrogens with one attached hydrogen (secondary N) is 1. The molecule has 1 aliphatic heterocycles. The highest BCUT2D eigenvalue weighted by Crippen LogP contribution is 2.25. The van der Waals surface area contributed by atoms with Gasteiger partial charge in [-0.3, -0.25) is 0 Å². The molecule has 0 spiro atoms. The minimum absolute atomic E-state index is 0.0257. The maximum absolute atomic E-state index is 13.5. The summed E-state index contributed by atoms with van der Waals surface area (Å²) in [6.07, 6.45) is 3.53. The molecule has 1 nitrogen and oxygen atoms in total. The number of benzene rings is 1. The molecule has 17 heavy (non-hydrogen) atoms. The Kier molecular flexibility index (Phi) is 4.09. The molecule has 1 fully saturated rings. The van der Waals surface area contributed by atoms with Gasteiger partial charge in [-0.25, -0.2) is 13.2 Å². The molecule has 0 bridgehead atoms. The van der Waals surface area contributed by atoms with E-state index in [1.165, 1.54) is 6.07 Å². The van der Waals surface area contributed by atoms with Gasteiger partial charge in [-0.05, 0) is 53.4 Å². The van der Waals surface area contributed by atoms with Crippen LogP contribution in [0.5, 0.6) is 0 Å².